The van der Waals surface area contributed by atoms with Crippen LogP contribution in [0.3, 0.4) is 0 Å². The third-order valence-corrected chi connectivity index (χ3v) is 4.37. The molecule has 2 nitrogen and oxygen atoms in total. The van der Waals surface area contributed by atoms with Crippen molar-refractivity contribution in [2.24, 2.45) is 5.41 Å². The van der Waals surface area contributed by atoms with Gasteiger partial charge < -0.3 is 0 Å². The number of aromatic nitrogens is 2. The molecule has 0 saturated carbocycles. The molecule has 2 atom stereocenters. The van der Waals surface area contributed by atoms with Gasteiger partial charge in [0.25, 0.3) is 0 Å². The smallest absolute Gasteiger partial charge is 0.0633 e. The van der Waals surface area contributed by atoms with E-state index in [0.29, 0.717) is 6.04 Å². The fourth-order valence-corrected chi connectivity index (χ4v) is 1.92. The summed E-state index contributed by atoms with van der Waals surface area (Å²) in [5.41, 5.74) is 1.23. The normalized spacial score (nSPS) is 16.8. The van der Waals surface area contributed by atoms with Gasteiger partial charge in [-0.15, -0.1) is 6.58 Å². The summed E-state index contributed by atoms with van der Waals surface area (Å²) in [6.07, 6.45) is 6.12. The van der Waals surface area contributed by atoms with E-state index in [1.807, 2.05) is 10.8 Å². The summed E-state index contributed by atoms with van der Waals surface area (Å²) in [7, 11) is 0. The lowest BCUT2D eigenvalue weighted by atomic mass is 9.88. The van der Waals surface area contributed by atoms with E-state index in [9.17, 15) is 0 Å². The minimum absolute atomic E-state index is 0.0919. The molecular formula is C13H21BrN2. The van der Waals surface area contributed by atoms with Crippen LogP contribution in [0.25, 0.3) is 0 Å². The van der Waals surface area contributed by atoms with Crippen molar-refractivity contribution in [1.29, 1.82) is 0 Å². The van der Waals surface area contributed by atoms with E-state index in [1.165, 1.54) is 0 Å². The second-order valence-corrected chi connectivity index (χ2v) is 5.27. The molecule has 90 valence electrons. The van der Waals surface area contributed by atoms with Gasteiger partial charge in [0.15, 0.2) is 0 Å². The van der Waals surface area contributed by atoms with Crippen LogP contribution in [0.5, 0.6) is 0 Å². The molecule has 0 aliphatic carbocycles. The first-order valence-corrected chi connectivity index (χ1v) is 6.90. The molecule has 0 radical (unpaired) electrons. The molecule has 1 aromatic heterocycles. The maximum atomic E-state index is 4.61. The predicted octanol–water partition coefficient (Wildman–Crippen LogP) is 3.98. The van der Waals surface area contributed by atoms with Crippen LogP contribution < -0.4 is 0 Å². The molecule has 0 aliphatic heterocycles. The van der Waals surface area contributed by atoms with Crippen LogP contribution in [0.1, 0.15) is 38.9 Å². The second-order valence-electron chi connectivity index (χ2n) is 4.71. The lowest BCUT2D eigenvalue weighted by Gasteiger charge is -2.21. The van der Waals surface area contributed by atoms with Gasteiger partial charge in [-0.3, -0.25) is 4.68 Å². The largest absolute Gasteiger partial charge is 0.270 e. The molecule has 0 amide bonds. The maximum absolute atomic E-state index is 4.61. The number of halogens is 1. The Balaban J connectivity index is 2.75. The third kappa shape index (κ3) is 3.21. The van der Waals surface area contributed by atoms with E-state index in [1.54, 1.807) is 0 Å². The first-order valence-electron chi connectivity index (χ1n) is 5.78. The number of hydrogen-bond acceptors (Lipinski definition) is 1. The summed E-state index contributed by atoms with van der Waals surface area (Å²) in [5.74, 6) is 0. The first kappa shape index (κ1) is 13.5. The van der Waals surface area contributed by atoms with Crippen molar-refractivity contribution < 1.29 is 0 Å². The van der Waals surface area contributed by atoms with Crippen LogP contribution in [0.15, 0.2) is 24.9 Å². The molecule has 16 heavy (non-hydrogen) atoms. The van der Waals surface area contributed by atoms with Crippen LogP contribution in [0.2, 0.25) is 0 Å². The Bertz CT molecular complexity index is 345. The highest BCUT2D eigenvalue weighted by atomic mass is 79.9. The highest BCUT2D eigenvalue weighted by Gasteiger charge is 2.20. The van der Waals surface area contributed by atoms with Gasteiger partial charge in [0.1, 0.15) is 0 Å². The summed E-state index contributed by atoms with van der Waals surface area (Å²) in [6, 6.07) is 2.59. The van der Waals surface area contributed by atoms with E-state index in [4.69, 9.17) is 0 Å². The van der Waals surface area contributed by atoms with E-state index < -0.39 is 0 Å². The van der Waals surface area contributed by atoms with E-state index in [-0.39, 0.29) is 5.41 Å². The van der Waals surface area contributed by atoms with Gasteiger partial charge in [0.2, 0.25) is 0 Å². The Hall–Kier alpha value is -0.570. The number of alkyl halides is 1. The number of nitrogens with zero attached hydrogens (tertiary/aromatic N) is 2. The van der Waals surface area contributed by atoms with Gasteiger partial charge in [-0.05, 0) is 19.4 Å². The number of rotatable bonds is 6. The molecule has 0 spiro atoms. The Labute approximate surface area is 107 Å². The lowest BCUT2D eigenvalue weighted by molar-refractivity contribution is 0.451. The lowest BCUT2D eigenvalue weighted by Crippen LogP contribution is -2.18. The molecule has 0 bridgehead atoms. The summed E-state index contributed by atoms with van der Waals surface area (Å²) in [5, 5.41) is 5.53. The SMILES string of the molecule is C=CC(C)(CBr)Cc1ccn(C(C)CC)n1. The number of hydrogen-bond donors (Lipinski definition) is 0. The van der Waals surface area contributed by atoms with Crippen molar-refractivity contribution in [1.82, 2.24) is 9.78 Å². The van der Waals surface area contributed by atoms with E-state index in [2.05, 4.69) is 60.6 Å². The fourth-order valence-electron chi connectivity index (χ4n) is 1.49. The number of allylic oxidation sites excluding steroid dienone is 1. The summed E-state index contributed by atoms with van der Waals surface area (Å²) >= 11 is 3.53. The molecular weight excluding hydrogens is 264 g/mol. The Morgan fingerprint density at radius 3 is 2.88 bits per heavy atom. The van der Waals surface area contributed by atoms with E-state index >= 15 is 0 Å². The zero-order chi connectivity index (χ0) is 12.2. The predicted molar refractivity (Wildman–Crippen MR) is 73.0 cm³/mol. The molecule has 3 heteroatoms. The summed E-state index contributed by atoms with van der Waals surface area (Å²) in [6.45, 7) is 10.5. The Kier molecular flexibility index (Phi) is 4.78. The van der Waals surface area contributed by atoms with Crippen LogP contribution in [-0.2, 0) is 6.42 Å². The van der Waals surface area contributed by atoms with Gasteiger partial charge in [0.05, 0.1) is 5.69 Å². The molecule has 1 aromatic rings. The zero-order valence-electron chi connectivity index (χ0n) is 10.4. The maximum Gasteiger partial charge on any atom is 0.0633 e. The van der Waals surface area contributed by atoms with Crippen molar-refractivity contribution in [2.45, 2.75) is 39.7 Å². The molecule has 1 rings (SSSR count). The van der Waals surface area contributed by atoms with Crippen LogP contribution in [0, 0.1) is 5.41 Å². The van der Waals surface area contributed by atoms with E-state index in [0.717, 1.165) is 23.9 Å². The van der Waals surface area contributed by atoms with Crippen molar-refractivity contribution in [3.8, 4) is 0 Å². The van der Waals surface area contributed by atoms with Crippen LogP contribution in [0.4, 0.5) is 0 Å². The van der Waals surface area contributed by atoms with Crippen LogP contribution in [-0.4, -0.2) is 15.1 Å². The standard InChI is InChI=1S/C13H21BrN2/c1-5-11(3)16-8-7-12(15-16)9-13(4,6-2)10-14/h6-8,11H,2,5,9-10H2,1,3-4H3. The zero-order valence-corrected chi connectivity index (χ0v) is 12.0. The first-order chi connectivity index (χ1) is 7.54. The molecule has 0 N–H and O–H groups in total. The highest BCUT2D eigenvalue weighted by Crippen LogP contribution is 2.25. The molecule has 0 aliphatic rings. The topological polar surface area (TPSA) is 17.8 Å². The average Bonchev–Trinajstić information content (AvgIpc) is 2.76. The van der Waals surface area contributed by atoms with Gasteiger partial charge >= 0.3 is 0 Å². The highest BCUT2D eigenvalue weighted by molar-refractivity contribution is 9.09. The Morgan fingerprint density at radius 1 is 1.69 bits per heavy atom. The van der Waals surface area contributed by atoms with Crippen LogP contribution >= 0.6 is 15.9 Å². The van der Waals surface area contributed by atoms with Crippen molar-refractivity contribution in [3.63, 3.8) is 0 Å². The summed E-state index contributed by atoms with van der Waals surface area (Å²) in [4.78, 5) is 0. The molecule has 1 heterocycles. The molecule has 2 unspecified atom stereocenters. The molecule has 0 fully saturated rings. The monoisotopic (exact) mass is 284 g/mol. The van der Waals surface area contributed by atoms with Crippen molar-refractivity contribution >= 4 is 15.9 Å². The minimum atomic E-state index is 0.0919. The quantitative estimate of drug-likeness (QED) is 0.571. The van der Waals surface area contributed by atoms with Gasteiger partial charge in [-0.1, -0.05) is 35.9 Å². The fraction of sp³-hybridized carbons (Fsp3) is 0.615. The van der Waals surface area contributed by atoms with Gasteiger partial charge in [-0.2, -0.15) is 5.10 Å². The second kappa shape index (κ2) is 5.67. The summed E-state index contributed by atoms with van der Waals surface area (Å²) < 4.78 is 2.05. The average molecular weight is 285 g/mol. The minimum Gasteiger partial charge on any atom is -0.270 e. The van der Waals surface area contributed by atoms with Crippen molar-refractivity contribution in [2.75, 3.05) is 5.33 Å². The van der Waals surface area contributed by atoms with Gasteiger partial charge in [-0.25, -0.2) is 0 Å². The van der Waals surface area contributed by atoms with Crippen molar-refractivity contribution in [3.05, 3.63) is 30.6 Å². The van der Waals surface area contributed by atoms with Gasteiger partial charge in [0, 0.05) is 29.4 Å². The molecule has 0 aromatic carbocycles. The molecule has 0 saturated heterocycles. The Morgan fingerprint density at radius 2 is 2.38 bits per heavy atom. The third-order valence-electron chi connectivity index (χ3n) is 3.09.